The molecule has 0 aliphatic carbocycles. The second-order valence-electron chi connectivity index (χ2n) is 6.72. The lowest BCUT2D eigenvalue weighted by atomic mass is 10.0. The molecular weight excluding hydrogens is 342 g/mol. The average molecular weight is 366 g/mol. The van der Waals surface area contributed by atoms with Gasteiger partial charge in [-0.2, -0.15) is 0 Å². The zero-order chi connectivity index (χ0) is 19.2. The van der Waals surface area contributed by atoms with Gasteiger partial charge in [0.1, 0.15) is 0 Å². The zero-order valence-corrected chi connectivity index (χ0v) is 15.4. The first-order chi connectivity index (χ1) is 13.0. The molecule has 1 fully saturated rings. The molecular formula is C21H24N3O3+. The molecule has 0 spiro atoms. The van der Waals surface area contributed by atoms with Crippen molar-refractivity contribution < 1.29 is 19.3 Å². The largest absolute Gasteiger partial charge is 0.332 e. The van der Waals surface area contributed by atoms with Gasteiger partial charge < -0.3 is 15.1 Å². The Kier molecular flexibility index (Phi) is 5.98. The van der Waals surface area contributed by atoms with Crippen molar-refractivity contribution in [1.29, 1.82) is 0 Å². The molecule has 1 aliphatic rings. The monoisotopic (exact) mass is 366 g/mol. The maximum Gasteiger partial charge on any atom is 0.279 e. The highest BCUT2D eigenvalue weighted by Crippen LogP contribution is 2.19. The Bertz CT molecular complexity index is 828. The second kappa shape index (κ2) is 8.60. The first-order valence-electron chi connectivity index (χ1n) is 9.12. The predicted octanol–water partition coefficient (Wildman–Crippen LogP) is 0.603. The fourth-order valence-corrected chi connectivity index (χ4v) is 3.27. The Morgan fingerprint density at radius 1 is 0.963 bits per heavy atom. The van der Waals surface area contributed by atoms with E-state index in [4.69, 9.17) is 0 Å². The van der Waals surface area contributed by atoms with Gasteiger partial charge in [0, 0.05) is 18.1 Å². The first kappa shape index (κ1) is 18.8. The van der Waals surface area contributed by atoms with Crippen molar-refractivity contribution in [2.75, 3.05) is 38.0 Å². The van der Waals surface area contributed by atoms with Gasteiger partial charge in [-0.1, -0.05) is 42.5 Å². The van der Waals surface area contributed by atoms with Gasteiger partial charge in [-0.3, -0.25) is 14.4 Å². The molecule has 3 rings (SSSR count). The Morgan fingerprint density at radius 3 is 2.26 bits per heavy atom. The molecule has 6 heteroatoms. The van der Waals surface area contributed by atoms with Gasteiger partial charge in [0.15, 0.2) is 12.3 Å². The fraction of sp³-hybridized carbons (Fsp3) is 0.286. The third kappa shape index (κ3) is 4.80. The zero-order valence-electron chi connectivity index (χ0n) is 15.4. The summed E-state index contributed by atoms with van der Waals surface area (Å²) in [4.78, 5) is 39.6. The van der Waals surface area contributed by atoms with Crippen LogP contribution in [0.2, 0.25) is 0 Å². The molecule has 2 amide bonds. The highest BCUT2D eigenvalue weighted by atomic mass is 16.2. The third-order valence-electron chi connectivity index (χ3n) is 4.81. The molecule has 6 nitrogen and oxygen atoms in total. The van der Waals surface area contributed by atoms with Crippen LogP contribution >= 0.6 is 0 Å². The number of amides is 2. The molecule has 0 radical (unpaired) electrons. The van der Waals surface area contributed by atoms with Gasteiger partial charge >= 0.3 is 0 Å². The molecule has 2 aromatic rings. The van der Waals surface area contributed by atoms with Crippen LogP contribution in [0.3, 0.4) is 0 Å². The highest BCUT2D eigenvalue weighted by molar-refractivity contribution is 6.13. The van der Waals surface area contributed by atoms with Gasteiger partial charge in [0.2, 0.25) is 5.91 Å². The van der Waals surface area contributed by atoms with E-state index < -0.39 is 0 Å². The Labute approximate surface area is 158 Å². The van der Waals surface area contributed by atoms with Gasteiger partial charge in [0.05, 0.1) is 31.9 Å². The summed E-state index contributed by atoms with van der Waals surface area (Å²) in [5.74, 6) is -0.171. The van der Waals surface area contributed by atoms with Crippen molar-refractivity contribution >= 4 is 23.3 Å². The smallest absolute Gasteiger partial charge is 0.279 e. The van der Waals surface area contributed by atoms with Crippen LogP contribution in [0.25, 0.3) is 0 Å². The van der Waals surface area contributed by atoms with E-state index in [9.17, 15) is 14.4 Å². The Morgan fingerprint density at radius 2 is 1.59 bits per heavy atom. The first-order valence-corrected chi connectivity index (χ1v) is 9.12. The van der Waals surface area contributed by atoms with E-state index in [1.165, 1.54) is 0 Å². The van der Waals surface area contributed by atoms with E-state index in [2.05, 4.69) is 5.32 Å². The molecule has 140 valence electrons. The molecule has 27 heavy (non-hydrogen) atoms. The van der Waals surface area contributed by atoms with Gasteiger partial charge in [-0.25, -0.2) is 0 Å². The maximum atomic E-state index is 12.7. The Hall–Kier alpha value is -2.99. The molecule has 0 saturated carbocycles. The Balaban J connectivity index is 1.64. The predicted molar refractivity (Wildman–Crippen MR) is 103 cm³/mol. The van der Waals surface area contributed by atoms with E-state index in [-0.39, 0.29) is 17.6 Å². The van der Waals surface area contributed by atoms with Crippen LogP contribution < -0.4 is 10.2 Å². The number of piperazine rings is 1. The van der Waals surface area contributed by atoms with Gasteiger partial charge in [-0.15, -0.1) is 0 Å². The number of nitrogens with zero attached hydrogens (tertiary/aromatic N) is 1. The average Bonchev–Trinajstić information content (AvgIpc) is 2.69. The maximum absolute atomic E-state index is 12.7. The summed E-state index contributed by atoms with van der Waals surface area (Å²) < 4.78 is 0. The number of nitrogens with one attached hydrogen (secondary N) is 2. The molecule has 2 N–H and O–H groups in total. The van der Waals surface area contributed by atoms with E-state index >= 15 is 0 Å². The number of para-hydroxylation sites is 1. The van der Waals surface area contributed by atoms with Crippen LogP contribution in [0.5, 0.6) is 0 Å². The number of ketones is 1. The summed E-state index contributed by atoms with van der Waals surface area (Å²) in [5.41, 5.74) is 1.59. The van der Waals surface area contributed by atoms with Crippen molar-refractivity contribution in [3.8, 4) is 0 Å². The third-order valence-corrected chi connectivity index (χ3v) is 4.81. The summed E-state index contributed by atoms with van der Waals surface area (Å²) in [6, 6.07) is 16.1. The number of hydrogen-bond donors (Lipinski definition) is 2. The number of carbonyl (C=O) groups is 3. The number of anilines is 1. The quantitative estimate of drug-likeness (QED) is 0.762. The van der Waals surface area contributed by atoms with Crippen molar-refractivity contribution in [3.63, 3.8) is 0 Å². The van der Waals surface area contributed by atoms with Crippen LogP contribution in [0.15, 0.2) is 54.6 Å². The standard InChI is InChI=1S/C21H23N3O3/c1-16(25)24-13-11-23(12-14-24)15-20(26)22-19-10-6-5-9-18(19)21(27)17-7-3-2-4-8-17/h2-10H,11-15H2,1H3,(H,22,26)/p+1. The number of rotatable bonds is 5. The molecule has 2 aromatic carbocycles. The molecule has 0 atom stereocenters. The number of hydrogen-bond acceptors (Lipinski definition) is 3. The van der Waals surface area contributed by atoms with Gasteiger partial charge in [-0.05, 0) is 12.1 Å². The van der Waals surface area contributed by atoms with E-state index in [0.717, 1.165) is 18.0 Å². The van der Waals surface area contributed by atoms with Gasteiger partial charge in [0.25, 0.3) is 5.91 Å². The van der Waals surface area contributed by atoms with E-state index in [1.54, 1.807) is 48.2 Å². The minimum atomic E-state index is -0.130. The van der Waals surface area contributed by atoms with Crippen LogP contribution in [0.1, 0.15) is 22.8 Å². The van der Waals surface area contributed by atoms with Crippen molar-refractivity contribution in [2.45, 2.75) is 6.92 Å². The second-order valence-corrected chi connectivity index (χ2v) is 6.72. The minimum Gasteiger partial charge on any atom is -0.332 e. The number of benzene rings is 2. The molecule has 1 saturated heterocycles. The van der Waals surface area contributed by atoms with Crippen molar-refractivity contribution in [1.82, 2.24) is 4.90 Å². The van der Waals surface area contributed by atoms with E-state index in [1.807, 2.05) is 18.2 Å². The molecule has 0 unspecified atom stereocenters. The summed E-state index contributed by atoms with van der Waals surface area (Å²) in [6.45, 7) is 4.72. The van der Waals surface area contributed by atoms with E-state index in [0.29, 0.717) is 36.4 Å². The molecule has 0 bridgehead atoms. The summed E-state index contributed by atoms with van der Waals surface area (Å²) in [6.07, 6.45) is 0. The molecule has 1 aliphatic heterocycles. The molecule has 1 heterocycles. The number of carbonyl (C=O) groups excluding carboxylic acids is 3. The lowest BCUT2D eigenvalue weighted by Crippen LogP contribution is -3.15. The van der Waals surface area contributed by atoms with Crippen molar-refractivity contribution in [2.24, 2.45) is 0 Å². The summed E-state index contributed by atoms with van der Waals surface area (Å²) in [7, 11) is 0. The summed E-state index contributed by atoms with van der Waals surface area (Å²) in [5, 5.41) is 2.88. The van der Waals surface area contributed by atoms with Crippen LogP contribution in [0, 0.1) is 0 Å². The van der Waals surface area contributed by atoms with Crippen LogP contribution in [-0.4, -0.2) is 55.2 Å². The van der Waals surface area contributed by atoms with Crippen LogP contribution in [-0.2, 0) is 9.59 Å². The highest BCUT2D eigenvalue weighted by Gasteiger charge is 2.24. The lowest BCUT2D eigenvalue weighted by Gasteiger charge is -2.31. The van der Waals surface area contributed by atoms with Crippen LogP contribution in [0.4, 0.5) is 5.69 Å². The SMILES string of the molecule is CC(=O)N1CC[NH+](CC(=O)Nc2ccccc2C(=O)c2ccccc2)CC1. The minimum absolute atomic E-state index is 0.0758. The number of quaternary nitrogens is 1. The summed E-state index contributed by atoms with van der Waals surface area (Å²) >= 11 is 0. The lowest BCUT2D eigenvalue weighted by molar-refractivity contribution is -0.895. The normalized spacial score (nSPS) is 14.6. The van der Waals surface area contributed by atoms with Crippen molar-refractivity contribution in [3.05, 3.63) is 65.7 Å². The fourth-order valence-electron chi connectivity index (χ4n) is 3.27. The molecule has 0 aromatic heterocycles. The topological polar surface area (TPSA) is 70.9 Å².